The highest BCUT2D eigenvalue weighted by molar-refractivity contribution is 5.71. The van der Waals surface area contributed by atoms with Crippen LogP contribution in [-0.2, 0) is 4.74 Å². The lowest BCUT2D eigenvalue weighted by Gasteiger charge is -2.28. The summed E-state index contributed by atoms with van der Waals surface area (Å²) in [6.07, 6.45) is 5.64. The molecule has 154 valence electrons. The first-order chi connectivity index (χ1) is 14.7. The molecule has 1 aliphatic heterocycles. The third kappa shape index (κ3) is 3.43. The molecule has 4 aromatic rings. The quantitative estimate of drug-likeness (QED) is 0.547. The Balaban J connectivity index is 1.44. The largest absolute Gasteiger partial charge is 0.494 e. The third-order valence-corrected chi connectivity index (χ3v) is 5.12. The Bertz CT molecular complexity index is 1180. The normalized spacial score (nSPS) is 14.3. The van der Waals surface area contributed by atoms with Crippen molar-refractivity contribution in [2.45, 2.75) is 6.92 Å². The zero-order valence-electron chi connectivity index (χ0n) is 16.9. The van der Waals surface area contributed by atoms with Gasteiger partial charge in [0, 0.05) is 37.2 Å². The summed E-state index contributed by atoms with van der Waals surface area (Å²) in [4.78, 5) is 11.3. The number of nitrogens with one attached hydrogen (secondary N) is 1. The van der Waals surface area contributed by atoms with Gasteiger partial charge in [-0.05, 0) is 31.2 Å². The molecule has 9 nitrogen and oxygen atoms in total. The Morgan fingerprint density at radius 2 is 2.00 bits per heavy atom. The number of nitrogens with zero attached hydrogens (tertiary/aromatic N) is 6. The number of morpholine rings is 1. The molecule has 0 unspecified atom stereocenters. The van der Waals surface area contributed by atoms with E-state index >= 15 is 0 Å². The maximum atomic E-state index is 5.59. The van der Waals surface area contributed by atoms with Crippen molar-refractivity contribution in [3.8, 4) is 11.4 Å². The van der Waals surface area contributed by atoms with Gasteiger partial charge in [-0.15, -0.1) is 5.10 Å². The Hall–Kier alpha value is -3.59. The number of aryl methyl sites for hydroxylation is 1. The van der Waals surface area contributed by atoms with Crippen LogP contribution in [0.1, 0.15) is 5.69 Å². The van der Waals surface area contributed by atoms with Crippen LogP contribution in [0.15, 0.2) is 49.1 Å². The molecule has 0 aliphatic carbocycles. The fraction of sp³-hybridized carbons (Fsp3) is 0.286. The summed E-state index contributed by atoms with van der Waals surface area (Å²) in [6.45, 7) is 5.11. The van der Waals surface area contributed by atoms with Crippen molar-refractivity contribution in [1.82, 2.24) is 24.1 Å². The van der Waals surface area contributed by atoms with Crippen molar-refractivity contribution in [3.05, 3.63) is 54.7 Å². The first-order valence-electron chi connectivity index (χ1n) is 9.85. The van der Waals surface area contributed by atoms with Crippen LogP contribution in [0, 0.1) is 6.92 Å². The standard InChI is InChI=1S/C21H23N7O2/c1-15-13-27(14-22-15)17-6-5-16(12-19(17)29-2)23-21-24-20-18(4-3-7-28(20)25-21)26-8-10-30-11-9-26/h3-7,12-14H,8-11H2,1-2H3,(H,23,25). The molecule has 0 saturated carbocycles. The summed E-state index contributed by atoms with van der Waals surface area (Å²) in [5.41, 5.74) is 4.59. The molecule has 1 aromatic carbocycles. The van der Waals surface area contributed by atoms with E-state index in [1.807, 2.05) is 48.1 Å². The van der Waals surface area contributed by atoms with Gasteiger partial charge in [-0.1, -0.05) is 0 Å². The zero-order chi connectivity index (χ0) is 20.5. The molecule has 3 aromatic heterocycles. The van der Waals surface area contributed by atoms with E-state index in [1.54, 1.807) is 18.0 Å². The summed E-state index contributed by atoms with van der Waals surface area (Å²) < 4.78 is 14.8. The van der Waals surface area contributed by atoms with Gasteiger partial charge in [0.1, 0.15) is 5.75 Å². The lowest BCUT2D eigenvalue weighted by molar-refractivity contribution is 0.123. The van der Waals surface area contributed by atoms with E-state index in [-0.39, 0.29) is 0 Å². The maximum Gasteiger partial charge on any atom is 0.247 e. The molecule has 0 amide bonds. The van der Waals surface area contributed by atoms with Crippen LogP contribution >= 0.6 is 0 Å². The molecule has 9 heteroatoms. The lowest BCUT2D eigenvalue weighted by Crippen LogP contribution is -2.36. The predicted molar refractivity (Wildman–Crippen MR) is 114 cm³/mol. The highest BCUT2D eigenvalue weighted by atomic mass is 16.5. The number of pyridine rings is 1. The first kappa shape index (κ1) is 18.4. The number of fused-ring (bicyclic) bond motifs is 1. The van der Waals surface area contributed by atoms with Gasteiger partial charge in [0.05, 0.1) is 43.7 Å². The molecular formula is C21H23N7O2. The number of methoxy groups -OCH3 is 1. The highest BCUT2D eigenvalue weighted by Gasteiger charge is 2.17. The Labute approximate surface area is 173 Å². The minimum Gasteiger partial charge on any atom is -0.494 e. The van der Waals surface area contributed by atoms with E-state index in [1.165, 1.54) is 0 Å². The molecule has 0 atom stereocenters. The monoisotopic (exact) mass is 405 g/mol. The topological polar surface area (TPSA) is 81.7 Å². The molecule has 1 aliphatic rings. The van der Waals surface area contributed by atoms with Gasteiger partial charge in [-0.3, -0.25) is 0 Å². The van der Waals surface area contributed by atoms with Crippen LogP contribution in [0.5, 0.6) is 5.75 Å². The number of rotatable bonds is 5. The van der Waals surface area contributed by atoms with Crippen molar-refractivity contribution < 1.29 is 9.47 Å². The van der Waals surface area contributed by atoms with Crippen LogP contribution in [0.2, 0.25) is 0 Å². The van der Waals surface area contributed by atoms with Crippen molar-refractivity contribution in [2.75, 3.05) is 43.6 Å². The van der Waals surface area contributed by atoms with Gasteiger partial charge in [0.25, 0.3) is 0 Å². The second-order valence-electron chi connectivity index (χ2n) is 7.13. The Morgan fingerprint density at radius 1 is 1.13 bits per heavy atom. The Morgan fingerprint density at radius 3 is 2.77 bits per heavy atom. The molecule has 0 spiro atoms. The maximum absolute atomic E-state index is 5.59. The van der Waals surface area contributed by atoms with E-state index in [0.717, 1.165) is 60.5 Å². The summed E-state index contributed by atoms with van der Waals surface area (Å²) in [5, 5.41) is 7.87. The minimum absolute atomic E-state index is 0.531. The number of benzene rings is 1. The molecule has 0 bridgehead atoms. The SMILES string of the molecule is COc1cc(Nc2nc3c(N4CCOCC4)cccn3n2)ccc1-n1cnc(C)c1. The molecular weight excluding hydrogens is 382 g/mol. The number of ether oxygens (including phenoxy) is 2. The number of imidazole rings is 1. The number of hydrogen-bond donors (Lipinski definition) is 1. The predicted octanol–water partition coefficient (Wildman–Crippen LogP) is 2.81. The molecule has 1 saturated heterocycles. The average Bonchev–Trinajstić information content (AvgIpc) is 3.39. The second-order valence-corrected chi connectivity index (χ2v) is 7.13. The van der Waals surface area contributed by atoms with Crippen molar-refractivity contribution in [3.63, 3.8) is 0 Å². The van der Waals surface area contributed by atoms with Gasteiger partial charge in [-0.25, -0.2) is 9.50 Å². The van der Waals surface area contributed by atoms with Crippen LogP contribution in [-0.4, -0.2) is 57.6 Å². The molecule has 0 radical (unpaired) electrons. The van der Waals surface area contributed by atoms with Crippen LogP contribution in [0.4, 0.5) is 17.3 Å². The van der Waals surface area contributed by atoms with E-state index in [2.05, 4.69) is 26.4 Å². The van der Waals surface area contributed by atoms with Gasteiger partial charge >= 0.3 is 0 Å². The van der Waals surface area contributed by atoms with Crippen molar-refractivity contribution in [2.24, 2.45) is 0 Å². The fourth-order valence-corrected chi connectivity index (χ4v) is 3.65. The van der Waals surface area contributed by atoms with Crippen LogP contribution in [0.3, 0.4) is 0 Å². The Kier molecular flexibility index (Phi) is 4.72. The lowest BCUT2D eigenvalue weighted by atomic mass is 10.2. The third-order valence-electron chi connectivity index (χ3n) is 5.12. The molecule has 5 rings (SSSR count). The summed E-state index contributed by atoms with van der Waals surface area (Å²) in [7, 11) is 1.66. The van der Waals surface area contributed by atoms with Crippen LogP contribution in [0.25, 0.3) is 11.3 Å². The highest BCUT2D eigenvalue weighted by Crippen LogP contribution is 2.29. The number of hydrogen-bond acceptors (Lipinski definition) is 7. The van der Waals surface area contributed by atoms with Gasteiger partial charge in [0.2, 0.25) is 5.95 Å². The molecule has 30 heavy (non-hydrogen) atoms. The summed E-state index contributed by atoms with van der Waals surface area (Å²) in [5.74, 6) is 1.26. The number of aromatic nitrogens is 5. The number of anilines is 3. The molecule has 1 fully saturated rings. The van der Waals surface area contributed by atoms with Crippen molar-refractivity contribution in [1.29, 1.82) is 0 Å². The molecule has 4 heterocycles. The van der Waals surface area contributed by atoms with Gasteiger partial charge in [-0.2, -0.15) is 4.98 Å². The van der Waals surface area contributed by atoms with Crippen molar-refractivity contribution >= 4 is 23.0 Å². The van der Waals surface area contributed by atoms with E-state index in [0.29, 0.717) is 5.95 Å². The van der Waals surface area contributed by atoms with Crippen LogP contribution < -0.4 is 15.0 Å². The van der Waals surface area contributed by atoms with E-state index in [4.69, 9.17) is 14.5 Å². The zero-order valence-corrected chi connectivity index (χ0v) is 16.9. The second kappa shape index (κ2) is 7.68. The summed E-state index contributed by atoms with van der Waals surface area (Å²) in [6, 6.07) is 9.95. The average molecular weight is 405 g/mol. The fourth-order valence-electron chi connectivity index (χ4n) is 3.65. The first-order valence-corrected chi connectivity index (χ1v) is 9.85. The smallest absolute Gasteiger partial charge is 0.247 e. The van der Waals surface area contributed by atoms with E-state index < -0.39 is 0 Å². The van der Waals surface area contributed by atoms with Gasteiger partial charge in [0.15, 0.2) is 5.65 Å². The summed E-state index contributed by atoms with van der Waals surface area (Å²) >= 11 is 0. The minimum atomic E-state index is 0.531. The van der Waals surface area contributed by atoms with E-state index in [9.17, 15) is 0 Å². The van der Waals surface area contributed by atoms with Gasteiger partial charge < -0.3 is 24.3 Å². The molecule has 1 N–H and O–H groups in total.